The van der Waals surface area contributed by atoms with Crippen molar-refractivity contribution < 1.29 is 10.0 Å². The van der Waals surface area contributed by atoms with Crippen molar-refractivity contribution in [3.05, 3.63) is 35.4 Å². The Kier molecular flexibility index (Phi) is 3.57. The molecule has 0 saturated heterocycles. The van der Waals surface area contributed by atoms with Crippen LogP contribution >= 0.6 is 0 Å². The maximum Gasteiger partial charge on any atom is 0.447 e. The molecule has 0 amide bonds. The summed E-state index contributed by atoms with van der Waals surface area (Å²) in [6.07, 6.45) is 0. The highest BCUT2D eigenvalue weighted by atomic mass is 16.2. The zero-order valence-corrected chi connectivity index (χ0v) is 16.4. The quantitative estimate of drug-likeness (QED) is 0.551. The van der Waals surface area contributed by atoms with Crippen LogP contribution in [0.3, 0.4) is 0 Å². The first-order chi connectivity index (χ1) is 12.0. The topological polar surface area (TPSA) is 64.5 Å². The van der Waals surface area contributed by atoms with Gasteiger partial charge in [-0.1, -0.05) is 53.7 Å². The molecule has 0 bridgehead atoms. The Morgan fingerprint density at radius 1 is 0.654 bits per heavy atom. The van der Waals surface area contributed by atoms with Gasteiger partial charge in [0.15, 0.2) is 0 Å². The number of hydrogen-bond acceptors (Lipinski definition) is 4. The highest BCUT2D eigenvalue weighted by Gasteiger charge is 2.39. The Morgan fingerprint density at radius 3 is 1.42 bits per heavy atom. The second-order valence-electron chi connectivity index (χ2n) is 9.57. The predicted molar refractivity (Wildman–Crippen MR) is 112 cm³/mol. The largest absolute Gasteiger partial charge is 0.447 e. The first kappa shape index (κ1) is 17.5. The van der Waals surface area contributed by atoms with Crippen molar-refractivity contribution in [2.24, 2.45) is 0 Å². The van der Waals surface area contributed by atoms with E-state index in [9.17, 15) is 10.0 Å². The van der Waals surface area contributed by atoms with Crippen LogP contribution in [0.4, 0.5) is 11.4 Å². The Bertz CT molecular complexity index is 859. The molecule has 0 fully saturated rings. The zero-order valence-electron chi connectivity index (χ0n) is 16.4. The van der Waals surface area contributed by atoms with E-state index >= 15 is 0 Å². The molecule has 4 nitrogen and oxygen atoms in total. The zero-order chi connectivity index (χ0) is 19.0. The summed E-state index contributed by atoms with van der Waals surface area (Å²) in [7, 11) is -1.57. The first-order valence-electron chi connectivity index (χ1n) is 9.23. The average Bonchev–Trinajstić information content (AvgIpc) is 2.51. The lowest BCUT2D eigenvalue weighted by Gasteiger charge is -2.36. The molecular weight excluding hydrogens is 322 g/mol. The van der Waals surface area contributed by atoms with Gasteiger partial charge < -0.3 is 20.5 Å². The monoisotopic (exact) mass is 348 g/mol. The predicted octanol–water partition coefficient (Wildman–Crippen LogP) is 2.17. The molecule has 2 aromatic rings. The van der Waals surface area contributed by atoms with Crippen LogP contribution < -0.4 is 21.4 Å². The van der Waals surface area contributed by atoms with Gasteiger partial charge in [0.05, 0.1) is 0 Å². The van der Waals surface area contributed by atoms with Gasteiger partial charge in [0.25, 0.3) is 0 Å². The third-order valence-electron chi connectivity index (χ3n) is 5.49. The standard InChI is InChI=1S/C20H26B2N2O2/c1-19(2,3)11-7-13-17-14(8-11)22(26)24-16-10-12(20(4,5)6)9-15(18(16)17)23-21(13)25/h7-10,23-26H,1-6H3. The van der Waals surface area contributed by atoms with Crippen LogP contribution in [0, 0.1) is 0 Å². The molecule has 0 radical (unpaired) electrons. The fourth-order valence-corrected chi connectivity index (χ4v) is 3.86. The molecule has 0 aromatic heterocycles. The van der Waals surface area contributed by atoms with Crippen molar-refractivity contribution in [1.82, 2.24) is 0 Å². The SMILES string of the molecule is CC(C)(C)c1cc2c3c(c1)NB(O)c1cc(C(C)(C)C)cc(c1-3)B(O)N2. The molecule has 0 saturated carbocycles. The van der Waals surface area contributed by atoms with Gasteiger partial charge in [-0.05, 0) is 50.6 Å². The van der Waals surface area contributed by atoms with Gasteiger partial charge in [-0.2, -0.15) is 0 Å². The molecule has 26 heavy (non-hydrogen) atoms. The number of rotatable bonds is 0. The van der Waals surface area contributed by atoms with Crippen molar-refractivity contribution in [3.63, 3.8) is 0 Å². The van der Waals surface area contributed by atoms with E-state index in [1.54, 1.807) is 0 Å². The van der Waals surface area contributed by atoms with Crippen LogP contribution in [0.2, 0.25) is 0 Å². The lowest BCUT2D eigenvalue weighted by Crippen LogP contribution is -2.52. The van der Waals surface area contributed by atoms with Crippen LogP contribution in [-0.2, 0) is 10.8 Å². The third-order valence-corrected chi connectivity index (χ3v) is 5.49. The van der Waals surface area contributed by atoms with Crippen molar-refractivity contribution in [2.45, 2.75) is 52.4 Å². The van der Waals surface area contributed by atoms with E-state index in [2.05, 4.69) is 76.3 Å². The Labute approximate surface area is 156 Å². The van der Waals surface area contributed by atoms with Gasteiger partial charge in [-0.3, -0.25) is 0 Å². The first-order valence-corrected chi connectivity index (χ1v) is 9.23. The molecule has 2 aliphatic rings. The highest BCUT2D eigenvalue weighted by molar-refractivity contribution is 6.78. The van der Waals surface area contributed by atoms with Crippen molar-refractivity contribution in [1.29, 1.82) is 0 Å². The van der Waals surface area contributed by atoms with E-state index in [0.29, 0.717) is 0 Å². The average molecular weight is 348 g/mol. The molecule has 2 heterocycles. The van der Waals surface area contributed by atoms with Crippen LogP contribution in [0.1, 0.15) is 52.7 Å². The third kappa shape index (κ3) is 2.55. The van der Waals surface area contributed by atoms with E-state index in [1.807, 2.05) is 0 Å². The molecule has 6 heteroatoms. The van der Waals surface area contributed by atoms with E-state index in [1.165, 1.54) is 0 Å². The molecule has 0 unspecified atom stereocenters. The molecule has 2 aliphatic heterocycles. The van der Waals surface area contributed by atoms with Crippen LogP contribution in [0.25, 0.3) is 11.1 Å². The fraction of sp³-hybridized carbons (Fsp3) is 0.400. The second-order valence-corrected chi connectivity index (χ2v) is 9.57. The number of hydrogen-bond donors (Lipinski definition) is 4. The molecule has 4 rings (SSSR count). The molecule has 0 aliphatic carbocycles. The summed E-state index contributed by atoms with van der Waals surface area (Å²) in [5.41, 5.74) is 7.67. The minimum Gasteiger partial charge on any atom is -0.429 e. The Balaban J connectivity index is 2.03. The minimum atomic E-state index is -0.785. The Hall–Kier alpha value is -1.91. The fourth-order valence-electron chi connectivity index (χ4n) is 3.86. The van der Waals surface area contributed by atoms with Crippen LogP contribution in [0.15, 0.2) is 24.3 Å². The van der Waals surface area contributed by atoms with Gasteiger partial charge >= 0.3 is 14.1 Å². The lowest BCUT2D eigenvalue weighted by molar-refractivity contribution is 0.582. The number of nitrogens with one attached hydrogen (secondary N) is 2. The molecule has 4 N–H and O–H groups in total. The molecular formula is C20H26B2N2O2. The summed E-state index contributed by atoms with van der Waals surface area (Å²) in [5, 5.41) is 28.1. The minimum absolute atomic E-state index is 0.0263. The molecule has 0 atom stereocenters. The van der Waals surface area contributed by atoms with Gasteiger partial charge in [-0.15, -0.1) is 0 Å². The number of benzene rings is 2. The summed E-state index contributed by atoms with van der Waals surface area (Å²) >= 11 is 0. The summed E-state index contributed by atoms with van der Waals surface area (Å²) in [5.74, 6) is 0. The van der Waals surface area contributed by atoms with E-state index in [-0.39, 0.29) is 10.8 Å². The van der Waals surface area contributed by atoms with Crippen molar-refractivity contribution >= 4 is 36.4 Å². The second kappa shape index (κ2) is 5.30. The van der Waals surface area contributed by atoms with E-state index < -0.39 is 14.1 Å². The Morgan fingerprint density at radius 2 is 1.04 bits per heavy atom. The normalized spacial score (nSPS) is 15.4. The summed E-state index contributed by atoms with van der Waals surface area (Å²) in [6, 6.07) is 8.37. The van der Waals surface area contributed by atoms with Crippen molar-refractivity contribution in [3.8, 4) is 11.1 Å². The molecule has 0 spiro atoms. The van der Waals surface area contributed by atoms with Gasteiger partial charge in [0, 0.05) is 16.9 Å². The van der Waals surface area contributed by atoms with Crippen LogP contribution in [-0.4, -0.2) is 24.1 Å². The summed E-state index contributed by atoms with van der Waals surface area (Å²) in [4.78, 5) is 0. The summed E-state index contributed by atoms with van der Waals surface area (Å²) in [6.45, 7) is 12.9. The van der Waals surface area contributed by atoms with E-state index in [4.69, 9.17) is 0 Å². The molecule has 2 aromatic carbocycles. The summed E-state index contributed by atoms with van der Waals surface area (Å²) < 4.78 is 0. The van der Waals surface area contributed by atoms with Gasteiger partial charge in [0.1, 0.15) is 0 Å². The number of anilines is 2. The van der Waals surface area contributed by atoms with Gasteiger partial charge in [-0.25, -0.2) is 0 Å². The van der Waals surface area contributed by atoms with Gasteiger partial charge in [0.2, 0.25) is 0 Å². The maximum atomic E-state index is 10.8. The van der Waals surface area contributed by atoms with E-state index in [0.717, 1.165) is 44.6 Å². The smallest absolute Gasteiger partial charge is 0.429 e. The van der Waals surface area contributed by atoms with Crippen molar-refractivity contribution in [2.75, 3.05) is 10.5 Å². The van der Waals surface area contributed by atoms with Crippen LogP contribution in [0.5, 0.6) is 0 Å². The maximum absolute atomic E-state index is 10.8. The molecule has 134 valence electrons. The highest BCUT2D eigenvalue weighted by Crippen LogP contribution is 2.43. The lowest BCUT2D eigenvalue weighted by atomic mass is 9.56.